The summed E-state index contributed by atoms with van der Waals surface area (Å²) >= 11 is 5.99. The van der Waals surface area contributed by atoms with Gasteiger partial charge in [-0.2, -0.15) is 5.01 Å². The summed E-state index contributed by atoms with van der Waals surface area (Å²) in [7, 11) is 0. The number of rotatable bonds is 7. The molecule has 4 aromatic carbocycles. The van der Waals surface area contributed by atoms with Gasteiger partial charge in [-0.1, -0.05) is 103 Å². The van der Waals surface area contributed by atoms with E-state index in [9.17, 15) is 14.4 Å². The highest BCUT2D eigenvalue weighted by Gasteiger charge is 2.34. The molecule has 39 heavy (non-hydrogen) atoms. The van der Waals surface area contributed by atoms with Crippen LogP contribution in [0.3, 0.4) is 0 Å². The fraction of sp³-hybridized carbons (Fsp3) is 0.0625. The molecule has 0 aliphatic carbocycles. The molecular formula is C32H24ClN3O3. The quantitative estimate of drug-likeness (QED) is 0.232. The van der Waals surface area contributed by atoms with Gasteiger partial charge in [0.2, 0.25) is 5.91 Å². The molecule has 1 unspecified atom stereocenters. The normalized spacial score (nSPS) is 14.7. The molecule has 1 heterocycles. The molecule has 0 saturated carbocycles. The van der Waals surface area contributed by atoms with E-state index >= 15 is 0 Å². The van der Waals surface area contributed by atoms with Crippen molar-refractivity contribution in [1.29, 1.82) is 0 Å². The van der Waals surface area contributed by atoms with Crippen LogP contribution in [0.5, 0.6) is 0 Å². The zero-order chi connectivity index (χ0) is 27.4. The molecule has 1 aliphatic rings. The molecule has 192 valence electrons. The lowest BCUT2D eigenvalue weighted by Gasteiger charge is -2.22. The van der Waals surface area contributed by atoms with Gasteiger partial charge in [-0.05, 0) is 42.3 Å². The Morgan fingerprint density at radius 3 is 2.18 bits per heavy atom. The van der Waals surface area contributed by atoms with Crippen LogP contribution in [-0.4, -0.2) is 28.4 Å². The highest BCUT2D eigenvalue weighted by Crippen LogP contribution is 2.24. The smallest absolute Gasteiger partial charge is 0.289 e. The summed E-state index contributed by atoms with van der Waals surface area (Å²) in [6, 6.07) is 32.1. The zero-order valence-corrected chi connectivity index (χ0v) is 21.8. The second-order valence-electron chi connectivity index (χ2n) is 9.04. The zero-order valence-electron chi connectivity index (χ0n) is 21.0. The number of amides is 2. The lowest BCUT2D eigenvalue weighted by Crippen LogP contribution is -2.48. The molecule has 0 radical (unpaired) electrons. The second kappa shape index (κ2) is 11.3. The van der Waals surface area contributed by atoms with Crippen molar-refractivity contribution in [2.75, 3.05) is 0 Å². The minimum atomic E-state index is -0.650. The first kappa shape index (κ1) is 25.8. The molecule has 0 aromatic heterocycles. The van der Waals surface area contributed by atoms with Crippen molar-refractivity contribution < 1.29 is 14.4 Å². The van der Waals surface area contributed by atoms with E-state index in [2.05, 4.69) is 10.4 Å². The fourth-order valence-corrected chi connectivity index (χ4v) is 4.31. The second-order valence-corrected chi connectivity index (χ2v) is 9.48. The minimum Gasteiger partial charge on any atom is -0.289 e. The molecule has 2 amide bonds. The van der Waals surface area contributed by atoms with E-state index in [0.29, 0.717) is 33.1 Å². The molecule has 4 aromatic rings. The summed E-state index contributed by atoms with van der Waals surface area (Å²) in [5.41, 5.74) is 6.05. The van der Waals surface area contributed by atoms with E-state index in [1.54, 1.807) is 73.7 Å². The number of nitrogens with one attached hydrogen (secondary N) is 1. The predicted octanol–water partition coefficient (Wildman–Crippen LogP) is 6.04. The highest BCUT2D eigenvalue weighted by atomic mass is 35.5. The van der Waals surface area contributed by atoms with E-state index in [4.69, 9.17) is 11.6 Å². The summed E-state index contributed by atoms with van der Waals surface area (Å²) in [5.74, 6) is -1.34. The van der Waals surface area contributed by atoms with Crippen LogP contribution >= 0.6 is 11.6 Å². The Kier molecular flexibility index (Phi) is 7.48. The maximum absolute atomic E-state index is 13.4. The van der Waals surface area contributed by atoms with Crippen molar-refractivity contribution in [3.05, 3.63) is 148 Å². The van der Waals surface area contributed by atoms with E-state index in [1.807, 2.05) is 48.5 Å². The number of aliphatic imine (C=N–C) groups is 1. The number of hydrogen-bond donors (Lipinski definition) is 1. The van der Waals surface area contributed by atoms with Crippen LogP contribution in [0.25, 0.3) is 6.08 Å². The van der Waals surface area contributed by atoms with E-state index in [-0.39, 0.29) is 11.5 Å². The maximum Gasteiger partial charge on any atom is 0.297 e. The predicted molar refractivity (Wildman–Crippen MR) is 152 cm³/mol. The van der Waals surface area contributed by atoms with Gasteiger partial charge in [0.05, 0.1) is 5.92 Å². The fourth-order valence-electron chi connectivity index (χ4n) is 4.18. The van der Waals surface area contributed by atoms with Gasteiger partial charge in [-0.25, -0.2) is 4.99 Å². The Morgan fingerprint density at radius 1 is 0.846 bits per heavy atom. The SMILES string of the molecule is CC(C(=O)NN1C(=O)/C(=C\c2ccc(Cl)cc2)N=C1c1ccccc1)c1cccc(C(=O)c2ccccc2)c1. The topological polar surface area (TPSA) is 78.8 Å². The van der Waals surface area contributed by atoms with Gasteiger partial charge >= 0.3 is 0 Å². The summed E-state index contributed by atoms with van der Waals surface area (Å²) in [6.07, 6.45) is 1.65. The van der Waals surface area contributed by atoms with E-state index in [1.165, 1.54) is 5.01 Å². The maximum atomic E-state index is 13.4. The van der Waals surface area contributed by atoms with Gasteiger partial charge in [0, 0.05) is 21.7 Å². The van der Waals surface area contributed by atoms with Gasteiger partial charge in [0.15, 0.2) is 11.6 Å². The standard InChI is InChI=1S/C32H24ClN3O3/c1-21(25-13-8-14-26(20-25)29(37)23-9-4-2-5-10-23)31(38)35-36-30(24-11-6-3-7-12-24)34-28(32(36)39)19-22-15-17-27(33)18-16-22/h2-21H,1H3,(H,35,38)/b28-19+. The van der Waals surface area contributed by atoms with Crippen molar-refractivity contribution in [2.45, 2.75) is 12.8 Å². The van der Waals surface area contributed by atoms with Crippen LogP contribution < -0.4 is 5.43 Å². The van der Waals surface area contributed by atoms with Crippen LogP contribution in [-0.2, 0) is 9.59 Å². The first-order chi connectivity index (χ1) is 18.9. The monoisotopic (exact) mass is 533 g/mol. The van der Waals surface area contributed by atoms with Gasteiger partial charge in [-0.15, -0.1) is 0 Å². The number of hydrazine groups is 1. The van der Waals surface area contributed by atoms with Crippen LogP contribution in [0.2, 0.25) is 5.02 Å². The number of nitrogens with zero attached hydrogens (tertiary/aromatic N) is 2. The molecular weight excluding hydrogens is 510 g/mol. The van der Waals surface area contributed by atoms with Crippen molar-refractivity contribution in [3.8, 4) is 0 Å². The van der Waals surface area contributed by atoms with E-state index in [0.717, 1.165) is 5.56 Å². The van der Waals surface area contributed by atoms with Crippen LogP contribution in [0.1, 0.15) is 45.5 Å². The van der Waals surface area contributed by atoms with E-state index < -0.39 is 17.7 Å². The van der Waals surface area contributed by atoms with Crippen molar-refractivity contribution in [3.63, 3.8) is 0 Å². The minimum absolute atomic E-state index is 0.129. The number of carbonyl (C=O) groups excluding carboxylic acids is 3. The summed E-state index contributed by atoms with van der Waals surface area (Å²) in [6.45, 7) is 1.73. The average Bonchev–Trinajstić information content (AvgIpc) is 3.28. The Bertz CT molecular complexity index is 1600. The molecule has 0 fully saturated rings. The third kappa shape index (κ3) is 5.71. The Balaban J connectivity index is 1.40. The van der Waals surface area contributed by atoms with Crippen LogP contribution in [0, 0.1) is 0 Å². The van der Waals surface area contributed by atoms with Gasteiger partial charge in [0.25, 0.3) is 5.91 Å². The molecule has 1 N–H and O–H groups in total. The molecule has 0 bridgehead atoms. The number of benzene rings is 4. The number of carbonyl (C=O) groups is 3. The van der Waals surface area contributed by atoms with Gasteiger partial charge < -0.3 is 0 Å². The molecule has 0 spiro atoms. The van der Waals surface area contributed by atoms with Gasteiger partial charge in [-0.3, -0.25) is 19.8 Å². The van der Waals surface area contributed by atoms with Crippen LogP contribution in [0.4, 0.5) is 0 Å². The lowest BCUT2D eigenvalue weighted by atomic mass is 9.95. The Morgan fingerprint density at radius 2 is 1.49 bits per heavy atom. The summed E-state index contributed by atoms with van der Waals surface area (Å²) in [4.78, 5) is 44.3. The number of halogens is 1. The highest BCUT2D eigenvalue weighted by molar-refractivity contribution is 6.30. The molecule has 6 nitrogen and oxygen atoms in total. The largest absolute Gasteiger partial charge is 0.297 e. The van der Waals surface area contributed by atoms with Crippen molar-refractivity contribution in [1.82, 2.24) is 10.4 Å². The third-order valence-electron chi connectivity index (χ3n) is 6.37. The lowest BCUT2D eigenvalue weighted by molar-refractivity contribution is -0.134. The molecule has 7 heteroatoms. The van der Waals surface area contributed by atoms with Crippen molar-refractivity contribution >= 4 is 41.1 Å². The molecule has 1 atom stereocenters. The average molecular weight is 534 g/mol. The van der Waals surface area contributed by atoms with Crippen molar-refractivity contribution in [2.24, 2.45) is 4.99 Å². The van der Waals surface area contributed by atoms with Crippen LogP contribution in [0.15, 0.2) is 120 Å². The third-order valence-corrected chi connectivity index (χ3v) is 6.62. The first-order valence-corrected chi connectivity index (χ1v) is 12.7. The number of amidine groups is 1. The first-order valence-electron chi connectivity index (χ1n) is 12.4. The summed E-state index contributed by atoms with van der Waals surface area (Å²) < 4.78 is 0. The molecule has 0 saturated heterocycles. The Hall–Kier alpha value is -4.81. The molecule has 1 aliphatic heterocycles. The number of hydrogen-bond acceptors (Lipinski definition) is 4. The number of ketones is 1. The molecule has 5 rings (SSSR count). The van der Waals surface area contributed by atoms with Gasteiger partial charge in [0.1, 0.15) is 5.70 Å². The summed E-state index contributed by atoms with van der Waals surface area (Å²) in [5, 5.41) is 1.76. The Labute approximate surface area is 231 Å².